The summed E-state index contributed by atoms with van der Waals surface area (Å²) in [4.78, 5) is 35.3. The number of rotatable bonds is 6. The molecule has 3 aromatic heterocycles. The average Bonchev–Trinajstić information content (AvgIpc) is 3.44. The van der Waals surface area contributed by atoms with Gasteiger partial charge >= 0.3 is 0 Å². The molecule has 2 aliphatic rings. The van der Waals surface area contributed by atoms with Crippen LogP contribution in [-0.2, 0) is 16.1 Å². The summed E-state index contributed by atoms with van der Waals surface area (Å²) in [7, 11) is 0. The molecule has 206 valence electrons. The number of fused-ring (bicyclic) bond motifs is 2. The summed E-state index contributed by atoms with van der Waals surface area (Å²) in [6.45, 7) is 15.3. The lowest BCUT2D eigenvalue weighted by Crippen LogP contribution is -2.59. The van der Waals surface area contributed by atoms with Crippen LogP contribution in [0.1, 0.15) is 30.1 Å². The zero-order valence-electron chi connectivity index (χ0n) is 23.1. The summed E-state index contributed by atoms with van der Waals surface area (Å²) in [6, 6.07) is 8.13. The third-order valence-corrected chi connectivity index (χ3v) is 9.47. The minimum atomic E-state index is -0.631. The monoisotopic (exact) mass is 548 g/mol. The summed E-state index contributed by atoms with van der Waals surface area (Å²) >= 11 is 1.80. The molecule has 2 N–H and O–H groups in total. The molecule has 1 amide bonds. The van der Waals surface area contributed by atoms with E-state index in [1.54, 1.807) is 11.3 Å². The van der Waals surface area contributed by atoms with Crippen LogP contribution in [0.15, 0.2) is 24.3 Å². The van der Waals surface area contributed by atoms with Crippen molar-refractivity contribution in [3.8, 4) is 5.95 Å². The molecule has 11 heteroatoms. The van der Waals surface area contributed by atoms with Crippen molar-refractivity contribution in [2.75, 3.05) is 57.4 Å². The standard InChI is InChI=1S/C28H36N8O2S/c1-18-22(17-33-9-11-35(12-10-33)28(3,4)26(29)37)39-24-23(18)31-27(32-25(24)34-13-15-38-16-14-34)36-19(2)30-20-7-5-6-8-21(20)36/h5-8H,9-17H2,1-4H3,(H2,29,37). The second kappa shape index (κ2) is 10.1. The molecular formula is C28H36N8O2S. The lowest BCUT2D eigenvalue weighted by atomic mass is 10.0. The maximum atomic E-state index is 11.9. The van der Waals surface area contributed by atoms with Crippen LogP contribution < -0.4 is 10.6 Å². The van der Waals surface area contributed by atoms with Crippen molar-refractivity contribution >= 4 is 44.3 Å². The van der Waals surface area contributed by atoms with Crippen LogP contribution in [-0.4, -0.2) is 93.2 Å². The lowest BCUT2D eigenvalue weighted by Gasteiger charge is -2.42. The number of para-hydroxylation sites is 2. The van der Waals surface area contributed by atoms with Gasteiger partial charge in [0.05, 0.1) is 40.0 Å². The topological polar surface area (TPSA) is 106 Å². The SMILES string of the molecule is Cc1c(CN2CCN(C(C)(C)C(N)=O)CC2)sc2c(N3CCOCC3)nc(-n3c(C)nc4ccccc43)nc12. The van der Waals surface area contributed by atoms with Gasteiger partial charge in [0.1, 0.15) is 5.82 Å². The third kappa shape index (κ3) is 4.67. The number of carbonyl (C=O) groups excluding carboxylic acids is 1. The first kappa shape index (κ1) is 26.1. The highest BCUT2D eigenvalue weighted by molar-refractivity contribution is 7.19. The molecule has 1 aromatic carbocycles. The number of nitrogens with two attached hydrogens (primary N) is 1. The molecule has 0 spiro atoms. The van der Waals surface area contributed by atoms with Gasteiger partial charge < -0.3 is 15.4 Å². The number of ether oxygens (including phenoxy) is 1. The molecule has 0 aliphatic carbocycles. The zero-order chi connectivity index (χ0) is 27.3. The molecule has 0 unspecified atom stereocenters. The largest absolute Gasteiger partial charge is 0.378 e. The number of piperazine rings is 1. The molecule has 0 bridgehead atoms. The minimum absolute atomic E-state index is 0.276. The molecule has 10 nitrogen and oxygen atoms in total. The van der Waals surface area contributed by atoms with Crippen LogP contribution >= 0.6 is 11.3 Å². The first-order valence-electron chi connectivity index (χ1n) is 13.6. The molecule has 0 saturated carbocycles. The number of anilines is 1. The number of benzene rings is 1. The highest BCUT2D eigenvalue weighted by Crippen LogP contribution is 2.38. The number of aromatic nitrogens is 4. The average molecular weight is 549 g/mol. The summed E-state index contributed by atoms with van der Waals surface area (Å²) in [5.74, 6) is 2.23. The molecule has 0 radical (unpaired) electrons. The molecule has 39 heavy (non-hydrogen) atoms. The van der Waals surface area contributed by atoms with Gasteiger partial charge in [0.15, 0.2) is 5.82 Å². The molecule has 5 heterocycles. The Hall–Kier alpha value is -3.12. The van der Waals surface area contributed by atoms with Crippen molar-refractivity contribution in [3.63, 3.8) is 0 Å². The van der Waals surface area contributed by atoms with Crippen LogP contribution in [0.25, 0.3) is 27.2 Å². The summed E-state index contributed by atoms with van der Waals surface area (Å²) in [5.41, 5.74) is 9.19. The van der Waals surface area contributed by atoms with E-state index in [0.717, 1.165) is 78.7 Å². The van der Waals surface area contributed by atoms with E-state index >= 15 is 0 Å². The number of carbonyl (C=O) groups is 1. The van der Waals surface area contributed by atoms with Gasteiger partial charge in [-0.2, -0.15) is 4.98 Å². The van der Waals surface area contributed by atoms with Crippen LogP contribution in [0.2, 0.25) is 0 Å². The second-order valence-corrected chi connectivity index (χ2v) is 12.0. The Labute approximate surface area is 232 Å². The van der Waals surface area contributed by atoms with E-state index in [1.165, 1.54) is 10.4 Å². The van der Waals surface area contributed by atoms with Gasteiger partial charge in [0.2, 0.25) is 11.9 Å². The molecule has 0 atom stereocenters. The molecule has 2 saturated heterocycles. The van der Waals surface area contributed by atoms with E-state index in [-0.39, 0.29) is 5.91 Å². The predicted octanol–water partition coefficient (Wildman–Crippen LogP) is 2.87. The number of hydrogen-bond acceptors (Lipinski definition) is 9. The van der Waals surface area contributed by atoms with Crippen molar-refractivity contribution in [3.05, 3.63) is 40.5 Å². The number of aryl methyl sites for hydroxylation is 2. The molecule has 6 rings (SSSR count). The fourth-order valence-corrected chi connectivity index (χ4v) is 6.87. The van der Waals surface area contributed by atoms with Gasteiger partial charge in [-0.15, -0.1) is 11.3 Å². The Balaban J connectivity index is 1.37. The Kier molecular flexibility index (Phi) is 6.78. The Bertz CT molecular complexity index is 1530. The van der Waals surface area contributed by atoms with E-state index in [0.29, 0.717) is 19.2 Å². The van der Waals surface area contributed by atoms with E-state index in [9.17, 15) is 4.79 Å². The van der Waals surface area contributed by atoms with Gasteiger partial charge in [0.25, 0.3) is 0 Å². The van der Waals surface area contributed by atoms with E-state index < -0.39 is 5.54 Å². The summed E-state index contributed by atoms with van der Waals surface area (Å²) < 4.78 is 8.85. The highest BCUT2D eigenvalue weighted by atomic mass is 32.1. The van der Waals surface area contributed by atoms with Gasteiger partial charge in [-0.05, 0) is 45.4 Å². The van der Waals surface area contributed by atoms with Crippen molar-refractivity contribution < 1.29 is 9.53 Å². The molecule has 2 fully saturated rings. The summed E-state index contributed by atoms with van der Waals surface area (Å²) in [5, 5.41) is 0. The maximum Gasteiger partial charge on any atom is 0.238 e. The number of imidazole rings is 1. The normalized spacial score (nSPS) is 17.9. The Morgan fingerprint density at radius 1 is 1.03 bits per heavy atom. The zero-order valence-corrected chi connectivity index (χ0v) is 23.9. The predicted molar refractivity (Wildman–Crippen MR) is 155 cm³/mol. The third-order valence-electron chi connectivity index (χ3n) is 8.21. The van der Waals surface area contributed by atoms with E-state index in [1.807, 2.05) is 39.0 Å². The maximum absolute atomic E-state index is 11.9. The fourth-order valence-electron chi connectivity index (χ4n) is 5.57. The van der Waals surface area contributed by atoms with E-state index in [2.05, 4.69) is 32.3 Å². The highest BCUT2D eigenvalue weighted by Gasteiger charge is 2.35. The number of amides is 1. The first-order valence-corrected chi connectivity index (χ1v) is 14.4. The van der Waals surface area contributed by atoms with Gasteiger partial charge in [0, 0.05) is 50.7 Å². The number of hydrogen-bond donors (Lipinski definition) is 1. The smallest absolute Gasteiger partial charge is 0.238 e. The lowest BCUT2D eigenvalue weighted by molar-refractivity contribution is -0.129. The van der Waals surface area contributed by atoms with Crippen LogP contribution in [0, 0.1) is 13.8 Å². The van der Waals surface area contributed by atoms with Crippen molar-refractivity contribution in [2.45, 2.75) is 39.8 Å². The van der Waals surface area contributed by atoms with Gasteiger partial charge in [-0.3, -0.25) is 19.2 Å². The van der Waals surface area contributed by atoms with E-state index in [4.69, 9.17) is 25.4 Å². The van der Waals surface area contributed by atoms with Gasteiger partial charge in [-0.25, -0.2) is 9.97 Å². The quantitative estimate of drug-likeness (QED) is 0.392. The number of nitrogens with zero attached hydrogens (tertiary/aromatic N) is 7. The number of morpholine rings is 1. The van der Waals surface area contributed by atoms with Crippen LogP contribution in [0.3, 0.4) is 0 Å². The Morgan fingerprint density at radius 2 is 1.74 bits per heavy atom. The van der Waals surface area contributed by atoms with Crippen molar-refractivity contribution in [2.24, 2.45) is 5.73 Å². The second-order valence-electron chi connectivity index (χ2n) is 10.9. The van der Waals surface area contributed by atoms with Crippen LogP contribution in [0.4, 0.5) is 5.82 Å². The van der Waals surface area contributed by atoms with Crippen molar-refractivity contribution in [1.82, 2.24) is 29.3 Å². The summed E-state index contributed by atoms with van der Waals surface area (Å²) in [6.07, 6.45) is 0. The molecule has 2 aliphatic heterocycles. The molecule has 4 aromatic rings. The fraction of sp³-hybridized carbons (Fsp3) is 0.500. The molecular weight excluding hydrogens is 512 g/mol. The Morgan fingerprint density at radius 3 is 2.46 bits per heavy atom. The minimum Gasteiger partial charge on any atom is -0.378 e. The van der Waals surface area contributed by atoms with Crippen LogP contribution in [0.5, 0.6) is 0 Å². The van der Waals surface area contributed by atoms with Crippen molar-refractivity contribution in [1.29, 1.82) is 0 Å². The number of thiophene rings is 1. The van der Waals surface area contributed by atoms with Gasteiger partial charge in [-0.1, -0.05) is 12.1 Å². The number of primary amides is 1. The first-order chi connectivity index (χ1) is 18.7.